The molecule has 2 aliphatic heterocycles. The largest absolute Gasteiger partial charge is 0.484 e. The summed E-state index contributed by atoms with van der Waals surface area (Å²) in [6, 6.07) is 39.8. The van der Waals surface area contributed by atoms with Crippen molar-refractivity contribution in [3.8, 4) is 16.9 Å². The monoisotopic (exact) mass is 919 g/mol. The van der Waals surface area contributed by atoms with Gasteiger partial charge in [-0.15, -0.1) is 11.3 Å². The van der Waals surface area contributed by atoms with Crippen molar-refractivity contribution in [2.75, 3.05) is 6.61 Å². The van der Waals surface area contributed by atoms with Crippen LogP contribution in [0, 0.1) is 0 Å². The molecule has 6 atom stereocenters. The Kier molecular flexibility index (Phi) is 16.3. The van der Waals surface area contributed by atoms with Crippen molar-refractivity contribution < 1.29 is 38.6 Å². The van der Waals surface area contributed by atoms with Crippen LogP contribution in [0.1, 0.15) is 46.4 Å². The number of aliphatic carboxylic acids is 1. The Balaban J connectivity index is 1.23. The third-order valence-corrected chi connectivity index (χ3v) is 12.8. The number of benzene rings is 5. The Labute approximate surface area is 393 Å². The minimum atomic E-state index is -1.32. The number of carbonyl (C=O) groups is 6. The minimum Gasteiger partial charge on any atom is -0.484 e. The van der Waals surface area contributed by atoms with Crippen LogP contribution < -0.4 is 31.3 Å². The highest BCUT2D eigenvalue weighted by Crippen LogP contribution is 2.25. The van der Waals surface area contributed by atoms with Crippen LogP contribution in [-0.4, -0.2) is 77.4 Å². The number of amides is 5. The van der Waals surface area contributed by atoms with Crippen LogP contribution in [0.15, 0.2) is 157 Å². The Morgan fingerprint density at radius 3 is 1.93 bits per heavy atom. The van der Waals surface area contributed by atoms with Crippen LogP contribution in [0.4, 0.5) is 0 Å². The maximum atomic E-state index is 14.8. The lowest BCUT2D eigenvalue weighted by molar-refractivity contribution is -0.142. The summed E-state index contributed by atoms with van der Waals surface area (Å²) in [4.78, 5) is 85.0. The molecule has 0 spiro atoms. The molecule has 3 heterocycles. The molecule has 14 heteroatoms. The van der Waals surface area contributed by atoms with Gasteiger partial charge in [0.2, 0.25) is 23.6 Å². The first-order valence-electron chi connectivity index (χ1n) is 22.2. The van der Waals surface area contributed by atoms with Crippen molar-refractivity contribution in [3.63, 3.8) is 0 Å². The van der Waals surface area contributed by atoms with Gasteiger partial charge in [-0.05, 0) is 69.8 Å². The van der Waals surface area contributed by atoms with Crippen LogP contribution in [-0.2, 0) is 54.5 Å². The molecule has 67 heavy (non-hydrogen) atoms. The number of carbonyl (C=O) groups excluding carboxylic acids is 5. The quantitative estimate of drug-likeness (QED) is 0.0786. The van der Waals surface area contributed by atoms with Gasteiger partial charge < -0.3 is 36.4 Å². The molecule has 5 aromatic carbocycles. The van der Waals surface area contributed by atoms with Crippen molar-refractivity contribution in [2.45, 2.75) is 75.2 Å². The van der Waals surface area contributed by atoms with Crippen LogP contribution in [0.2, 0.25) is 0 Å². The predicted octanol–water partition coefficient (Wildman–Crippen LogP) is 5.78. The van der Waals surface area contributed by atoms with E-state index in [4.69, 9.17) is 4.74 Å². The Hall–Kier alpha value is -7.58. The zero-order valence-corrected chi connectivity index (χ0v) is 37.7. The highest BCUT2D eigenvalue weighted by Gasteiger charge is 2.35. The van der Waals surface area contributed by atoms with E-state index in [1.807, 2.05) is 109 Å². The first-order chi connectivity index (χ1) is 32.5. The maximum Gasteiger partial charge on any atom is 0.326 e. The van der Waals surface area contributed by atoms with Gasteiger partial charge in [-0.25, -0.2) is 4.79 Å². The molecule has 2 unspecified atom stereocenters. The zero-order chi connectivity index (χ0) is 47.1. The summed E-state index contributed by atoms with van der Waals surface area (Å²) < 4.78 is 5.83. The standard InChI is InChI=1S/C53H53N5O8S/c1-34(46-18-11-29-67-46)48-52(63)56-44(30-37-19-24-40(25-20-37)39-16-9-4-10-17-39)50(61)54-42(28-23-35-12-5-2-6-13-35)49(60)55-43(31-38-21-26-41(27-22-38)66-33-47(59)58-48)51(62)57-45(53(64)65)32-36-14-7-3-8-15-36/h2-22,24-27,29,34,42-45,48H,23,28,30-33H2,1H3,(H,54,61)(H,55,60)(H,56,63)(H,57,62)(H,58,59)(H,64,65)/t34?,42?,43-,44+,45+,48-/m0/s1. The molecule has 6 N–H and O–H groups in total. The summed E-state index contributed by atoms with van der Waals surface area (Å²) >= 11 is 1.43. The van der Waals surface area contributed by atoms with Crippen molar-refractivity contribution >= 4 is 46.8 Å². The van der Waals surface area contributed by atoms with Crippen molar-refractivity contribution in [2.24, 2.45) is 0 Å². The van der Waals surface area contributed by atoms with Crippen LogP contribution in [0.3, 0.4) is 0 Å². The van der Waals surface area contributed by atoms with Gasteiger partial charge in [0, 0.05) is 30.1 Å². The summed E-state index contributed by atoms with van der Waals surface area (Å²) in [5.41, 5.74) is 4.85. The normalized spacial score (nSPS) is 19.1. The number of hydrogen-bond donors (Lipinski definition) is 6. The van der Waals surface area contributed by atoms with E-state index in [2.05, 4.69) is 26.6 Å². The fourth-order valence-electron chi connectivity index (χ4n) is 7.92. The summed E-state index contributed by atoms with van der Waals surface area (Å²) in [7, 11) is 0. The van der Waals surface area contributed by atoms with E-state index < -0.39 is 78.2 Å². The van der Waals surface area contributed by atoms with Gasteiger partial charge in [0.25, 0.3) is 5.91 Å². The fourth-order valence-corrected chi connectivity index (χ4v) is 8.75. The molecule has 2 bridgehead atoms. The lowest BCUT2D eigenvalue weighted by atomic mass is 9.97. The number of thiophene rings is 1. The number of carboxylic acid groups (broad SMARTS) is 1. The van der Waals surface area contributed by atoms with E-state index in [0.717, 1.165) is 21.6 Å². The second kappa shape index (κ2) is 23.0. The number of nitrogens with one attached hydrogen (secondary N) is 5. The summed E-state index contributed by atoms with van der Waals surface area (Å²) in [5, 5.41) is 26.2. The third kappa shape index (κ3) is 13.5. The number of hydrogen-bond acceptors (Lipinski definition) is 8. The molecule has 1 aromatic heterocycles. The molecule has 2 aliphatic rings. The summed E-state index contributed by atoms with van der Waals surface area (Å²) in [5.74, 6) is -4.73. The van der Waals surface area contributed by atoms with E-state index in [1.54, 1.807) is 54.6 Å². The van der Waals surface area contributed by atoms with Crippen LogP contribution in [0.25, 0.3) is 11.1 Å². The topological polar surface area (TPSA) is 192 Å². The van der Waals surface area contributed by atoms with Gasteiger partial charge in [-0.1, -0.05) is 140 Å². The average Bonchev–Trinajstić information content (AvgIpc) is 3.90. The second-order valence-electron chi connectivity index (χ2n) is 16.6. The highest BCUT2D eigenvalue weighted by molar-refractivity contribution is 7.10. The lowest BCUT2D eigenvalue weighted by Gasteiger charge is -2.28. The zero-order valence-electron chi connectivity index (χ0n) is 36.9. The number of carboxylic acids is 1. The molecule has 0 saturated heterocycles. The SMILES string of the molecule is CC(c1cccs1)[C@@H]1NC(=O)COc2ccc(cc2)C[C@@H](C(=O)N[C@H](Cc2ccccc2)C(=O)O)NC(=O)C(CCc2ccccc2)NC(=O)[C@@H](Cc2ccc(-c3ccccc3)cc2)NC1=O. The molecule has 0 fully saturated rings. The maximum absolute atomic E-state index is 14.8. The van der Waals surface area contributed by atoms with Gasteiger partial charge in [-0.3, -0.25) is 24.0 Å². The van der Waals surface area contributed by atoms with Crippen molar-refractivity contribution in [3.05, 3.63) is 184 Å². The Morgan fingerprint density at radius 2 is 1.28 bits per heavy atom. The molecule has 0 aliphatic carbocycles. The Morgan fingerprint density at radius 1 is 0.672 bits per heavy atom. The third-order valence-electron chi connectivity index (χ3n) is 11.7. The van der Waals surface area contributed by atoms with Gasteiger partial charge in [0.05, 0.1) is 0 Å². The molecule has 0 saturated carbocycles. The molecule has 6 aromatic rings. The lowest BCUT2D eigenvalue weighted by Crippen LogP contribution is -2.60. The number of ether oxygens (including phenoxy) is 1. The molecular weight excluding hydrogens is 867 g/mol. The van der Waals surface area contributed by atoms with E-state index >= 15 is 0 Å². The highest BCUT2D eigenvalue weighted by atomic mass is 32.1. The molecule has 344 valence electrons. The van der Waals surface area contributed by atoms with Gasteiger partial charge in [0.15, 0.2) is 6.61 Å². The smallest absolute Gasteiger partial charge is 0.326 e. The molecule has 8 rings (SSSR count). The van der Waals surface area contributed by atoms with E-state index in [1.165, 1.54) is 11.3 Å². The van der Waals surface area contributed by atoms with Crippen LogP contribution in [0.5, 0.6) is 5.75 Å². The van der Waals surface area contributed by atoms with Gasteiger partial charge >= 0.3 is 5.97 Å². The van der Waals surface area contributed by atoms with Crippen LogP contribution >= 0.6 is 11.3 Å². The number of aryl methyl sites for hydroxylation is 1. The predicted molar refractivity (Wildman–Crippen MR) is 256 cm³/mol. The number of rotatable bonds is 13. The minimum absolute atomic E-state index is 0.00694. The molecule has 0 radical (unpaired) electrons. The first kappa shape index (κ1) is 47.4. The van der Waals surface area contributed by atoms with E-state index in [9.17, 15) is 33.9 Å². The number of fused-ring (bicyclic) bond motifs is 16. The average molecular weight is 920 g/mol. The summed E-state index contributed by atoms with van der Waals surface area (Å²) in [6.45, 7) is 1.39. The van der Waals surface area contributed by atoms with Crippen molar-refractivity contribution in [1.82, 2.24) is 26.6 Å². The second-order valence-corrected chi connectivity index (χ2v) is 17.5. The van der Waals surface area contributed by atoms with Gasteiger partial charge in [-0.2, -0.15) is 0 Å². The fraction of sp³-hybridized carbons (Fsp3) is 0.245. The molecule has 13 nitrogen and oxygen atoms in total. The molecule has 5 amide bonds. The van der Waals surface area contributed by atoms with Gasteiger partial charge in [0.1, 0.15) is 36.0 Å². The Bertz CT molecular complexity index is 2600. The van der Waals surface area contributed by atoms with E-state index in [0.29, 0.717) is 28.9 Å². The summed E-state index contributed by atoms with van der Waals surface area (Å²) in [6.07, 6.45) is 0.421. The first-order valence-corrected chi connectivity index (χ1v) is 23.1. The van der Waals surface area contributed by atoms with E-state index in [-0.39, 0.29) is 25.7 Å². The van der Waals surface area contributed by atoms with Crippen molar-refractivity contribution in [1.29, 1.82) is 0 Å². The molecular formula is C53H53N5O8S.